The number of benzene rings is 1. The summed E-state index contributed by atoms with van der Waals surface area (Å²) in [5.74, 6) is 0.370. The summed E-state index contributed by atoms with van der Waals surface area (Å²) in [6.07, 6.45) is 2.77. The molecule has 6 heteroatoms. The maximum Gasteiger partial charge on any atom is 0.201 e. The second kappa shape index (κ2) is 6.67. The van der Waals surface area contributed by atoms with E-state index in [9.17, 15) is 9.59 Å². The molecule has 2 saturated heterocycles. The van der Waals surface area contributed by atoms with Crippen molar-refractivity contribution < 1.29 is 9.59 Å². The Balaban J connectivity index is 1.96. The molecule has 3 rings (SSSR count). The average molecular weight is 351 g/mol. The summed E-state index contributed by atoms with van der Waals surface area (Å²) in [7, 11) is 0. The van der Waals surface area contributed by atoms with Crippen molar-refractivity contribution in [1.29, 1.82) is 0 Å². The van der Waals surface area contributed by atoms with Crippen molar-refractivity contribution in [1.82, 2.24) is 0 Å². The summed E-state index contributed by atoms with van der Waals surface area (Å²) in [6.45, 7) is 3.78. The Kier molecular flexibility index (Phi) is 4.80. The summed E-state index contributed by atoms with van der Waals surface area (Å²) in [4.78, 5) is 26.0. The maximum atomic E-state index is 11.9. The summed E-state index contributed by atoms with van der Waals surface area (Å²) in [5, 5.41) is 0.543. The molecule has 122 valence electrons. The quantitative estimate of drug-likeness (QED) is 0.656. The Labute approximate surface area is 145 Å². The molecule has 23 heavy (non-hydrogen) atoms. The Hall–Kier alpha value is -1.30. The van der Waals surface area contributed by atoms with Gasteiger partial charge in [-0.1, -0.05) is 30.7 Å². The molecule has 1 aromatic rings. The Morgan fingerprint density at radius 3 is 2.83 bits per heavy atom. The Bertz CT molecular complexity index is 689. The summed E-state index contributed by atoms with van der Waals surface area (Å²) in [5.41, 5.74) is 7.97. The van der Waals surface area contributed by atoms with Crippen LogP contribution in [0.4, 0.5) is 5.69 Å². The first-order valence-electron chi connectivity index (χ1n) is 7.70. The molecule has 4 nitrogen and oxygen atoms in total. The van der Waals surface area contributed by atoms with Crippen LogP contribution in [0.1, 0.15) is 25.3 Å². The molecule has 2 fully saturated rings. The molecule has 0 saturated carbocycles. The predicted octanol–water partition coefficient (Wildman–Crippen LogP) is 3.09. The van der Waals surface area contributed by atoms with Crippen LogP contribution < -0.4 is 10.6 Å². The number of para-hydroxylation sites is 1. The monoisotopic (exact) mass is 350 g/mol. The summed E-state index contributed by atoms with van der Waals surface area (Å²) >= 11 is 7.44. The average Bonchev–Trinajstić information content (AvgIpc) is 2.80. The molecule has 0 spiro atoms. The van der Waals surface area contributed by atoms with Gasteiger partial charge in [-0.15, -0.1) is 0 Å². The molecule has 2 N–H and O–H groups in total. The number of halogens is 1. The van der Waals surface area contributed by atoms with E-state index in [2.05, 4.69) is 11.8 Å². The molecule has 0 amide bonds. The fourth-order valence-corrected chi connectivity index (χ4v) is 4.09. The maximum absolute atomic E-state index is 11.9. The number of allylic oxidation sites excluding steroid dienone is 1. The number of ketones is 1. The molecule has 0 aromatic heterocycles. The molecule has 2 aliphatic heterocycles. The van der Waals surface area contributed by atoms with E-state index in [1.54, 1.807) is 6.08 Å². The topological polar surface area (TPSA) is 63.4 Å². The lowest BCUT2D eigenvalue weighted by molar-refractivity contribution is -0.119. The number of hydrogen-bond donors (Lipinski definition) is 1. The van der Waals surface area contributed by atoms with Crippen LogP contribution in [0.15, 0.2) is 23.1 Å². The number of thioether (sulfide) groups is 1. The molecule has 0 bridgehead atoms. The van der Waals surface area contributed by atoms with Crippen molar-refractivity contribution >= 4 is 46.0 Å². The molecule has 2 heterocycles. The van der Waals surface area contributed by atoms with Gasteiger partial charge in [0.1, 0.15) is 0 Å². The molecule has 1 aromatic carbocycles. The molecule has 2 aliphatic rings. The number of carbonyl (C=O) groups excluding carboxylic acids is 2. The number of carbonyl (C=O) groups is 2. The lowest BCUT2D eigenvalue weighted by atomic mass is 9.93. The molecule has 0 aliphatic carbocycles. The van der Waals surface area contributed by atoms with Gasteiger partial charge in [-0.2, -0.15) is 0 Å². The molecular formula is C17H19ClN2O2S. The highest BCUT2D eigenvalue weighted by Crippen LogP contribution is 2.37. The zero-order valence-electron chi connectivity index (χ0n) is 12.9. The van der Waals surface area contributed by atoms with Gasteiger partial charge in [-0.05, 0) is 36.2 Å². The number of anilines is 1. The highest BCUT2D eigenvalue weighted by atomic mass is 35.5. The van der Waals surface area contributed by atoms with E-state index in [-0.39, 0.29) is 23.4 Å². The van der Waals surface area contributed by atoms with Crippen LogP contribution in [-0.2, 0) is 9.59 Å². The van der Waals surface area contributed by atoms with Gasteiger partial charge in [0.25, 0.3) is 0 Å². The van der Waals surface area contributed by atoms with Gasteiger partial charge in [0, 0.05) is 24.7 Å². The lowest BCUT2D eigenvalue weighted by Gasteiger charge is -2.37. The van der Waals surface area contributed by atoms with Crippen molar-refractivity contribution in [3.05, 3.63) is 33.7 Å². The van der Waals surface area contributed by atoms with Crippen molar-refractivity contribution in [2.24, 2.45) is 11.7 Å². The number of nitrogens with zero attached hydrogens (tertiary/aromatic N) is 1. The Morgan fingerprint density at radius 2 is 2.17 bits per heavy atom. The van der Waals surface area contributed by atoms with Crippen molar-refractivity contribution in [2.75, 3.05) is 18.0 Å². The summed E-state index contributed by atoms with van der Waals surface area (Å²) < 4.78 is 0. The number of Topliss-reactive ketones (excluding diaryl/α,β-unsaturated/α-hetero) is 1. The van der Waals surface area contributed by atoms with Gasteiger partial charge in [0.05, 0.1) is 22.0 Å². The normalized spacial score (nSPS) is 27.1. The van der Waals surface area contributed by atoms with E-state index >= 15 is 0 Å². The number of hydrogen-bond acceptors (Lipinski definition) is 5. The van der Waals surface area contributed by atoms with E-state index in [1.807, 2.05) is 18.2 Å². The minimum Gasteiger partial charge on any atom is -0.368 e. The van der Waals surface area contributed by atoms with Gasteiger partial charge in [0.2, 0.25) is 5.12 Å². The largest absolute Gasteiger partial charge is 0.368 e. The third-order valence-electron chi connectivity index (χ3n) is 4.44. The first kappa shape index (κ1) is 16.6. The zero-order valence-corrected chi connectivity index (χ0v) is 14.5. The van der Waals surface area contributed by atoms with Crippen LogP contribution in [0.5, 0.6) is 0 Å². The molecule has 2 unspecified atom stereocenters. The Morgan fingerprint density at radius 1 is 1.39 bits per heavy atom. The van der Waals surface area contributed by atoms with E-state index in [1.165, 1.54) is 0 Å². The minimum atomic E-state index is -0.116. The van der Waals surface area contributed by atoms with Gasteiger partial charge < -0.3 is 10.6 Å². The number of rotatable bonds is 2. The van der Waals surface area contributed by atoms with Gasteiger partial charge in [-0.25, -0.2) is 0 Å². The van der Waals surface area contributed by atoms with Crippen LogP contribution >= 0.6 is 23.4 Å². The van der Waals surface area contributed by atoms with E-state index < -0.39 is 0 Å². The van der Waals surface area contributed by atoms with E-state index in [0.717, 1.165) is 42.5 Å². The second-order valence-electron chi connectivity index (χ2n) is 6.14. The summed E-state index contributed by atoms with van der Waals surface area (Å²) in [6, 6.07) is 5.73. The van der Waals surface area contributed by atoms with Crippen molar-refractivity contribution in [3.63, 3.8) is 0 Å². The van der Waals surface area contributed by atoms with Crippen molar-refractivity contribution in [2.45, 2.75) is 25.8 Å². The third-order valence-corrected chi connectivity index (χ3v) is 5.68. The molecular weight excluding hydrogens is 332 g/mol. The number of nitrogens with two attached hydrogens (primary N) is 1. The highest BCUT2D eigenvalue weighted by molar-refractivity contribution is 8.18. The van der Waals surface area contributed by atoms with Crippen LogP contribution in [0, 0.1) is 5.92 Å². The highest BCUT2D eigenvalue weighted by Gasteiger charge is 2.28. The smallest absolute Gasteiger partial charge is 0.201 e. The van der Waals surface area contributed by atoms with E-state index in [0.29, 0.717) is 15.8 Å². The first-order valence-corrected chi connectivity index (χ1v) is 8.89. The fraction of sp³-hybridized carbons (Fsp3) is 0.412. The van der Waals surface area contributed by atoms with Gasteiger partial charge in [0.15, 0.2) is 5.78 Å². The zero-order chi connectivity index (χ0) is 16.6. The van der Waals surface area contributed by atoms with Crippen LogP contribution in [0.25, 0.3) is 6.08 Å². The second-order valence-corrected chi connectivity index (χ2v) is 7.64. The third kappa shape index (κ3) is 3.47. The van der Waals surface area contributed by atoms with Crippen molar-refractivity contribution in [3.8, 4) is 0 Å². The number of piperidine rings is 1. The van der Waals surface area contributed by atoms with Crippen LogP contribution in [0.2, 0.25) is 5.02 Å². The van der Waals surface area contributed by atoms with Crippen LogP contribution in [-0.4, -0.2) is 30.0 Å². The SMILES string of the molecule is CC1CCN(c2c(Cl)cccc2/C=C2\SC(=O)CC2=O)CC1N. The lowest BCUT2D eigenvalue weighted by Crippen LogP contribution is -2.47. The minimum absolute atomic E-state index is 0.0154. The fourth-order valence-electron chi connectivity index (χ4n) is 2.97. The van der Waals surface area contributed by atoms with E-state index in [4.69, 9.17) is 17.3 Å². The van der Waals surface area contributed by atoms with Gasteiger partial charge in [-0.3, -0.25) is 9.59 Å². The molecule has 0 radical (unpaired) electrons. The van der Waals surface area contributed by atoms with Gasteiger partial charge >= 0.3 is 0 Å². The predicted molar refractivity (Wildman–Crippen MR) is 95.6 cm³/mol. The van der Waals surface area contributed by atoms with Crippen LogP contribution in [0.3, 0.4) is 0 Å². The standard InChI is InChI=1S/C17H19ClN2O2S/c1-10-5-6-20(9-13(10)19)17-11(3-2-4-12(17)18)7-15-14(21)8-16(22)23-15/h2-4,7,10,13H,5-6,8-9,19H2,1H3/b15-7-. The molecule has 2 atom stereocenters. The first-order chi connectivity index (χ1) is 11.0.